The number of halogens is 1. The third-order valence-corrected chi connectivity index (χ3v) is 2.68. The van der Waals surface area contributed by atoms with Gasteiger partial charge in [-0.15, -0.1) is 0 Å². The van der Waals surface area contributed by atoms with Crippen molar-refractivity contribution in [3.05, 3.63) is 35.6 Å². The van der Waals surface area contributed by atoms with Crippen LogP contribution in [-0.2, 0) is 22.2 Å². The Balaban J connectivity index is 0.00000225. The van der Waals surface area contributed by atoms with Crippen LogP contribution in [0.4, 0.5) is 4.39 Å². The van der Waals surface area contributed by atoms with Crippen molar-refractivity contribution >= 4 is 11.1 Å². The smallest absolute Gasteiger partial charge is 0.772 e. The fourth-order valence-corrected chi connectivity index (χ4v) is 1.80. The van der Waals surface area contributed by atoms with Crippen LogP contribution in [0, 0.1) is 5.82 Å². The van der Waals surface area contributed by atoms with Crippen LogP contribution in [0.2, 0.25) is 0 Å². The Hall–Kier alpha value is 0.220. The Morgan fingerprint density at radius 1 is 1.44 bits per heavy atom. The van der Waals surface area contributed by atoms with E-state index in [0.29, 0.717) is 6.42 Å². The van der Waals surface area contributed by atoms with Gasteiger partial charge in [-0.05, 0) is 24.1 Å². The molecule has 6 heteroatoms. The molecule has 3 nitrogen and oxygen atoms in total. The van der Waals surface area contributed by atoms with E-state index in [-0.39, 0.29) is 47.2 Å². The molecule has 0 heterocycles. The van der Waals surface area contributed by atoms with E-state index in [2.05, 4.69) is 0 Å². The fourth-order valence-electron chi connectivity index (χ4n) is 1.25. The first kappa shape index (κ1) is 16.2. The normalized spacial score (nSPS) is 13.9. The number of hydrogen-bond donors (Lipinski definition) is 0. The monoisotopic (exact) mass is 254 g/mol. The predicted octanol–water partition coefficient (Wildman–Crippen LogP) is -1.73. The molecule has 0 saturated heterocycles. The van der Waals surface area contributed by atoms with E-state index < -0.39 is 11.1 Å². The zero-order valence-electron chi connectivity index (χ0n) is 9.31. The average molecular weight is 254 g/mol. The molecular weight excluding hydrogens is 242 g/mol. The zero-order chi connectivity index (χ0) is 11.3. The van der Waals surface area contributed by atoms with Crippen LogP contribution in [-0.4, -0.2) is 27.7 Å². The van der Waals surface area contributed by atoms with Gasteiger partial charge in [0.25, 0.3) is 0 Å². The number of hydrogen-bond acceptors (Lipinski definition) is 3. The van der Waals surface area contributed by atoms with Crippen LogP contribution in [0.5, 0.6) is 0 Å². The van der Waals surface area contributed by atoms with Gasteiger partial charge in [-0.2, -0.15) is 0 Å². The molecule has 0 aromatic heterocycles. The summed E-state index contributed by atoms with van der Waals surface area (Å²) in [4.78, 5) is 0. The summed E-state index contributed by atoms with van der Waals surface area (Å²) in [5, 5.41) is 0. The van der Waals surface area contributed by atoms with Crippen molar-refractivity contribution in [2.75, 3.05) is 12.9 Å². The molecule has 1 aromatic carbocycles. The van der Waals surface area contributed by atoms with Crippen molar-refractivity contribution in [3.8, 4) is 0 Å². The van der Waals surface area contributed by atoms with Crippen molar-refractivity contribution in [3.63, 3.8) is 0 Å². The fraction of sp³-hybridized carbons (Fsp3) is 0.400. The molecule has 2 atom stereocenters. The van der Waals surface area contributed by atoms with E-state index >= 15 is 0 Å². The van der Waals surface area contributed by atoms with E-state index in [0.717, 1.165) is 5.56 Å². The molecule has 0 radical (unpaired) electrons. The first-order chi connectivity index (χ1) is 7.11. The van der Waals surface area contributed by atoms with Gasteiger partial charge in [-0.3, -0.25) is 4.21 Å². The number of ether oxygens (including phenoxy) is 1. The second-order valence-corrected chi connectivity index (χ2v) is 4.10. The van der Waals surface area contributed by atoms with Crippen LogP contribution >= 0.6 is 0 Å². The third kappa shape index (κ3) is 6.08. The molecule has 0 fully saturated rings. The minimum atomic E-state index is -2.12. The third-order valence-electron chi connectivity index (χ3n) is 2.03. The Morgan fingerprint density at radius 2 is 2.00 bits per heavy atom. The topological polar surface area (TPSA) is 49.4 Å². The first-order valence-corrected chi connectivity index (χ1v) is 5.69. The Kier molecular flexibility index (Phi) is 8.45. The maximum atomic E-state index is 12.6. The van der Waals surface area contributed by atoms with Crippen LogP contribution < -0.4 is 29.6 Å². The van der Waals surface area contributed by atoms with Crippen molar-refractivity contribution in [2.45, 2.75) is 12.5 Å². The molecule has 1 aromatic rings. The summed E-state index contributed by atoms with van der Waals surface area (Å²) in [5.74, 6) is -0.353. The van der Waals surface area contributed by atoms with Gasteiger partial charge in [0, 0.05) is 12.9 Å². The molecule has 2 unspecified atom stereocenters. The van der Waals surface area contributed by atoms with Crippen LogP contribution in [0.25, 0.3) is 0 Å². The molecule has 0 bridgehead atoms. The molecule has 84 valence electrons. The summed E-state index contributed by atoms with van der Waals surface area (Å²) >= 11 is -2.12. The second-order valence-electron chi connectivity index (χ2n) is 3.16. The molecule has 0 saturated carbocycles. The van der Waals surface area contributed by atoms with Crippen molar-refractivity contribution < 1.29 is 47.4 Å². The Bertz CT molecular complexity index is 331. The quantitative estimate of drug-likeness (QED) is 0.463. The van der Waals surface area contributed by atoms with Crippen molar-refractivity contribution in [2.24, 2.45) is 0 Å². The molecule has 0 amide bonds. The van der Waals surface area contributed by atoms with E-state index in [1.807, 2.05) is 0 Å². The average Bonchev–Trinajstić information content (AvgIpc) is 2.19. The van der Waals surface area contributed by atoms with Gasteiger partial charge in [0.1, 0.15) is 5.82 Å². The molecule has 0 N–H and O–H groups in total. The minimum Gasteiger partial charge on any atom is -0.772 e. The van der Waals surface area contributed by atoms with Crippen LogP contribution in [0.1, 0.15) is 5.56 Å². The summed E-state index contributed by atoms with van der Waals surface area (Å²) in [6.07, 6.45) is 0.0823. The number of methoxy groups -OCH3 is 1. The summed E-state index contributed by atoms with van der Waals surface area (Å²) in [5.41, 5.74) is 0.855. The maximum absolute atomic E-state index is 12.6. The summed E-state index contributed by atoms with van der Waals surface area (Å²) in [6.45, 7) is 0. The molecule has 0 aliphatic carbocycles. The molecule has 0 aliphatic heterocycles. The van der Waals surface area contributed by atoms with Gasteiger partial charge in [0.05, 0.1) is 6.10 Å². The van der Waals surface area contributed by atoms with Gasteiger partial charge in [-0.1, -0.05) is 23.2 Å². The SMILES string of the molecule is COC(Cc1ccc(F)cc1)CS(=O)[O-].[Na+]. The van der Waals surface area contributed by atoms with Gasteiger partial charge < -0.3 is 9.29 Å². The van der Waals surface area contributed by atoms with Gasteiger partial charge in [0.2, 0.25) is 0 Å². The standard InChI is InChI=1S/C10H13FO3S.Na/c1-14-10(7-15(12)13)6-8-2-4-9(11)5-3-8;/h2-5,10H,6-7H2,1H3,(H,12,13);/q;+1/p-1. The largest absolute Gasteiger partial charge is 1.00 e. The summed E-state index contributed by atoms with van der Waals surface area (Å²) in [7, 11) is 1.46. The van der Waals surface area contributed by atoms with Crippen LogP contribution in [0.3, 0.4) is 0 Å². The van der Waals surface area contributed by atoms with E-state index in [1.165, 1.54) is 19.2 Å². The molecule has 1 rings (SSSR count). The second kappa shape index (κ2) is 8.33. The minimum absolute atomic E-state index is 0. The number of rotatable bonds is 5. The van der Waals surface area contributed by atoms with E-state index in [1.54, 1.807) is 12.1 Å². The van der Waals surface area contributed by atoms with Gasteiger partial charge >= 0.3 is 29.6 Å². The first-order valence-electron chi connectivity index (χ1n) is 4.45. The molecule has 0 spiro atoms. The van der Waals surface area contributed by atoms with Crippen molar-refractivity contribution in [1.82, 2.24) is 0 Å². The number of benzene rings is 1. The van der Waals surface area contributed by atoms with Crippen molar-refractivity contribution in [1.29, 1.82) is 0 Å². The van der Waals surface area contributed by atoms with E-state index in [9.17, 15) is 13.2 Å². The van der Waals surface area contributed by atoms with E-state index in [4.69, 9.17) is 4.74 Å². The Morgan fingerprint density at radius 3 is 2.44 bits per heavy atom. The Labute approximate surface area is 119 Å². The maximum Gasteiger partial charge on any atom is 1.00 e. The van der Waals surface area contributed by atoms with Gasteiger partial charge in [-0.25, -0.2) is 4.39 Å². The molecule has 16 heavy (non-hydrogen) atoms. The molecular formula is C10H12FNaO3S. The summed E-state index contributed by atoms with van der Waals surface area (Å²) in [6, 6.07) is 5.93. The zero-order valence-corrected chi connectivity index (χ0v) is 12.1. The van der Waals surface area contributed by atoms with Gasteiger partial charge in [0.15, 0.2) is 0 Å². The predicted molar refractivity (Wildman–Crippen MR) is 54.7 cm³/mol. The van der Waals surface area contributed by atoms with Crippen LogP contribution in [0.15, 0.2) is 24.3 Å². The summed E-state index contributed by atoms with van der Waals surface area (Å²) < 4.78 is 38.5. The molecule has 0 aliphatic rings.